The van der Waals surface area contributed by atoms with Crippen molar-refractivity contribution in [1.29, 1.82) is 0 Å². The highest BCUT2D eigenvalue weighted by atomic mass is 16.6. The number of ether oxygens (including phenoxy) is 5. The summed E-state index contributed by atoms with van der Waals surface area (Å²) in [4.78, 5) is 57.6. The maximum atomic E-state index is 11.9. The summed E-state index contributed by atoms with van der Waals surface area (Å²) in [6, 6.07) is 0. The van der Waals surface area contributed by atoms with Crippen LogP contribution in [0.15, 0.2) is 0 Å². The molecular weight excluding hydrogens is 368 g/mol. The van der Waals surface area contributed by atoms with Crippen molar-refractivity contribution in [2.24, 2.45) is 0 Å². The third kappa shape index (κ3) is 8.99. The Morgan fingerprint density at radius 3 is 1.33 bits per heavy atom. The molecule has 0 radical (unpaired) electrons. The standard InChI is InChI=1S/C16H24O11/c1-6-23-13(19)8(2)25-15(21)10(4)27-16(22)11(5)26-14(20)9(3)24-12(18)7-17/h8-11,17H,6-7H2,1-5H3/t8-,9-,10-,11-/m0/s1. The fraction of sp³-hybridized carbons (Fsp3) is 0.688. The fourth-order valence-corrected chi connectivity index (χ4v) is 1.50. The van der Waals surface area contributed by atoms with Gasteiger partial charge in [0.25, 0.3) is 0 Å². The molecule has 154 valence electrons. The van der Waals surface area contributed by atoms with Gasteiger partial charge >= 0.3 is 29.8 Å². The molecule has 0 unspecified atom stereocenters. The van der Waals surface area contributed by atoms with Gasteiger partial charge in [0.1, 0.15) is 6.61 Å². The minimum atomic E-state index is -1.41. The molecule has 0 bridgehead atoms. The first-order valence-electron chi connectivity index (χ1n) is 8.11. The summed E-state index contributed by atoms with van der Waals surface area (Å²) in [5, 5.41) is 8.54. The van der Waals surface area contributed by atoms with E-state index < -0.39 is 60.9 Å². The van der Waals surface area contributed by atoms with E-state index in [0.29, 0.717) is 0 Å². The number of esters is 5. The van der Waals surface area contributed by atoms with Crippen LogP contribution in [-0.4, -0.2) is 72.6 Å². The van der Waals surface area contributed by atoms with Crippen LogP contribution in [-0.2, 0) is 47.7 Å². The SMILES string of the molecule is CCOC(=O)[C@H](C)OC(=O)[C@H](C)OC(=O)[C@H](C)OC(=O)[C@H](C)OC(=O)CO. The molecule has 0 aliphatic carbocycles. The van der Waals surface area contributed by atoms with Crippen LogP contribution in [0.25, 0.3) is 0 Å². The maximum Gasteiger partial charge on any atom is 0.347 e. The molecule has 11 heteroatoms. The van der Waals surface area contributed by atoms with E-state index in [2.05, 4.69) is 9.47 Å². The predicted molar refractivity (Wildman–Crippen MR) is 85.9 cm³/mol. The van der Waals surface area contributed by atoms with Crippen LogP contribution in [0.3, 0.4) is 0 Å². The predicted octanol–water partition coefficient (Wildman–Crippen LogP) is -0.731. The highest BCUT2D eigenvalue weighted by Crippen LogP contribution is 2.06. The summed E-state index contributed by atoms with van der Waals surface area (Å²) >= 11 is 0. The third-order valence-electron chi connectivity index (χ3n) is 2.93. The van der Waals surface area contributed by atoms with Crippen molar-refractivity contribution in [3.05, 3.63) is 0 Å². The van der Waals surface area contributed by atoms with Crippen LogP contribution in [0, 0.1) is 0 Å². The average Bonchev–Trinajstić information content (AvgIpc) is 2.60. The zero-order valence-corrected chi connectivity index (χ0v) is 15.8. The van der Waals surface area contributed by atoms with Gasteiger partial charge < -0.3 is 28.8 Å². The lowest BCUT2D eigenvalue weighted by Crippen LogP contribution is -2.37. The summed E-state index contributed by atoms with van der Waals surface area (Å²) in [5.74, 6) is -4.89. The highest BCUT2D eigenvalue weighted by molar-refractivity contribution is 5.85. The van der Waals surface area contributed by atoms with Crippen molar-refractivity contribution in [3.8, 4) is 0 Å². The van der Waals surface area contributed by atoms with E-state index in [0.717, 1.165) is 0 Å². The molecule has 0 amide bonds. The summed E-state index contributed by atoms with van der Waals surface area (Å²) in [6.07, 6.45) is -5.32. The molecule has 0 saturated carbocycles. The number of rotatable bonds is 10. The summed E-state index contributed by atoms with van der Waals surface area (Å²) < 4.78 is 23.5. The molecule has 4 atom stereocenters. The van der Waals surface area contributed by atoms with Crippen LogP contribution < -0.4 is 0 Å². The second-order valence-electron chi connectivity index (χ2n) is 5.28. The molecule has 0 saturated heterocycles. The van der Waals surface area contributed by atoms with E-state index in [1.54, 1.807) is 6.92 Å². The van der Waals surface area contributed by atoms with E-state index >= 15 is 0 Å². The summed E-state index contributed by atoms with van der Waals surface area (Å²) in [5.41, 5.74) is 0. The second-order valence-corrected chi connectivity index (χ2v) is 5.28. The van der Waals surface area contributed by atoms with Gasteiger partial charge in [0.15, 0.2) is 24.4 Å². The Hall–Kier alpha value is -2.69. The van der Waals surface area contributed by atoms with E-state index in [1.165, 1.54) is 27.7 Å². The molecule has 1 N–H and O–H groups in total. The zero-order valence-electron chi connectivity index (χ0n) is 15.8. The maximum absolute atomic E-state index is 11.9. The van der Waals surface area contributed by atoms with Crippen molar-refractivity contribution in [3.63, 3.8) is 0 Å². The van der Waals surface area contributed by atoms with Crippen molar-refractivity contribution in [2.45, 2.75) is 59.0 Å². The van der Waals surface area contributed by atoms with Gasteiger partial charge in [-0.1, -0.05) is 0 Å². The van der Waals surface area contributed by atoms with Gasteiger partial charge in [-0.3, -0.25) is 0 Å². The topological polar surface area (TPSA) is 152 Å². The van der Waals surface area contributed by atoms with Crippen LogP contribution in [0.2, 0.25) is 0 Å². The zero-order chi connectivity index (χ0) is 21.1. The van der Waals surface area contributed by atoms with Gasteiger partial charge in [0.05, 0.1) is 6.61 Å². The Labute approximate surface area is 155 Å². The minimum Gasteiger partial charge on any atom is -0.463 e. The number of carbonyl (C=O) groups excluding carboxylic acids is 5. The normalized spacial score (nSPS) is 14.7. The monoisotopic (exact) mass is 392 g/mol. The number of aliphatic hydroxyl groups is 1. The van der Waals surface area contributed by atoms with Crippen molar-refractivity contribution < 1.29 is 52.8 Å². The van der Waals surface area contributed by atoms with Gasteiger partial charge in [-0.05, 0) is 34.6 Å². The van der Waals surface area contributed by atoms with E-state index in [-0.39, 0.29) is 6.61 Å². The highest BCUT2D eigenvalue weighted by Gasteiger charge is 2.30. The Kier molecular flexibility index (Phi) is 10.7. The van der Waals surface area contributed by atoms with Crippen LogP contribution in [0.1, 0.15) is 34.6 Å². The van der Waals surface area contributed by atoms with Gasteiger partial charge in [0.2, 0.25) is 0 Å². The molecule has 0 rings (SSSR count). The molecule has 0 aliphatic heterocycles. The van der Waals surface area contributed by atoms with Gasteiger partial charge in [0, 0.05) is 0 Å². The number of aliphatic hydroxyl groups excluding tert-OH is 1. The smallest absolute Gasteiger partial charge is 0.347 e. The number of carbonyl (C=O) groups is 5. The van der Waals surface area contributed by atoms with Crippen LogP contribution in [0.4, 0.5) is 0 Å². The van der Waals surface area contributed by atoms with E-state index in [4.69, 9.17) is 19.3 Å². The molecule has 0 heterocycles. The fourth-order valence-electron chi connectivity index (χ4n) is 1.50. The largest absolute Gasteiger partial charge is 0.463 e. The van der Waals surface area contributed by atoms with Crippen LogP contribution in [0.5, 0.6) is 0 Å². The lowest BCUT2D eigenvalue weighted by Gasteiger charge is -2.19. The lowest BCUT2D eigenvalue weighted by molar-refractivity contribution is -0.185. The second kappa shape index (κ2) is 11.8. The number of hydrogen-bond acceptors (Lipinski definition) is 11. The van der Waals surface area contributed by atoms with Crippen molar-refractivity contribution in [1.82, 2.24) is 0 Å². The third-order valence-corrected chi connectivity index (χ3v) is 2.93. The van der Waals surface area contributed by atoms with Crippen LogP contribution >= 0.6 is 0 Å². The molecule has 0 aromatic rings. The molecule has 0 spiro atoms. The van der Waals surface area contributed by atoms with Gasteiger partial charge in [-0.25, -0.2) is 24.0 Å². The Morgan fingerprint density at radius 2 is 1.00 bits per heavy atom. The Morgan fingerprint density at radius 1 is 0.667 bits per heavy atom. The first kappa shape index (κ1) is 24.3. The van der Waals surface area contributed by atoms with Gasteiger partial charge in [-0.2, -0.15) is 0 Å². The molecule has 27 heavy (non-hydrogen) atoms. The molecular formula is C16H24O11. The molecule has 0 aromatic heterocycles. The van der Waals surface area contributed by atoms with Crippen molar-refractivity contribution in [2.75, 3.05) is 13.2 Å². The Bertz CT molecular complexity index is 557. The molecule has 11 nitrogen and oxygen atoms in total. The van der Waals surface area contributed by atoms with E-state index in [1.807, 2.05) is 0 Å². The lowest BCUT2D eigenvalue weighted by atomic mass is 10.3. The van der Waals surface area contributed by atoms with Gasteiger partial charge in [-0.15, -0.1) is 0 Å². The molecule has 0 fully saturated rings. The summed E-state index contributed by atoms with van der Waals surface area (Å²) in [7, 11) is 0. The van der Waals surface area contributed by atoms with E-state index in [9.17, 15) is 24.0 Å². The quantitative estimate of drug-likeness (QED) is 0.370. The van der Waals surface area contributed by atoms with Crippen molar-refractivity contribution >= 4 is 29.8 Å². The number of hydrogen-bond donors (Lipinski definition) is 1. The first-order valence-corrected chi connectivity index (χ1v) is 8.11. The minimum absolute atomic E-state index is 0.111. The first-order chi connectivity index (χ1) is 12.5. The Balaban J connectivity index is 4.52. The molecule has 0 aromatic carbocycles. The molecule has 0 aliphatic rings. The summed E-state index contributed by atoms with van der Waals surface area (Å²) in [6.45, 7) is 5.65. The average molecular weight is 392 g/mol.